The first-order valence-electron chi connectivity index (χ1n) is 5.59. The molecule has 0 fully saturated rings. The van der Waals surface area contributed by atoms with Crippen LogP contribution in [0.4, 0.5) is 8.78 Å². The Morgan fingerprint density at radius 3 is 2.58 bits per heavy atom. The van der Waals surface area contributed by atoms with Gasteiger partial charge in [0, 0.05) is 5.56 Å². The Labute approximate surface area is 106 Å². The normalized spacial score (nSPS) is 10.8. The molecule has 0 saturated carbocycles. The monoisotopic (exact) mass is 258 g/mol. The molecule has 1 N–H and O–H groups in total. The van der Waals surface area contributed by atoms with Gasteiger partial charge in [0.2, 0.25) is 0 Å². The molecule has 0 radical (unpaired) electrons. The van der Waals surface area contributed by atoms with Crippen molar-refractivity contribution in [1.29, 1.82) is 0 Å². The summed E-state index contributed by atoms with van der Waals surface area (Å²) in [7, 11) is 0. The summed E-state index contributed by atoms with van der Waals surface area (Å²) in [5, 5.41) is 0.167. The van der Waals surface area contributed by atoms with E-state index in [0.717, 1.165) is 6.07 Å². The fourth-order valence-corrected chi connectivity index (χ4v) is 1.88. The Hall–Kier alpha value is -2.56. The fourth-order valence-electron chi connectivity index (χ4n) is 1.88. The number of benzene rings is 2. The molecule has 5 heteroatoms. The van der Waals surface area contributed by atoms with E-state index < -0.39 is 17.2 Å². The second-order valence-electron chi connectivity index (χ2n) is 4.09. The summed E-state index contributed by atoms with van der Waals surface area (Å²) in [4.78, 5) is 18.6. The lowest BCUT2D eigenvalue weighted by Gasteiger charge is -2.03. The summed E-state index contributed by atoms with van der Waals surface area (Å²) in [6.45, 7) is 0. The van der Waals surface area contributed by atoms with Crippen LogP contribution in [0.25, 0.3) is 22.3 Å². The van der Waals surface area contributed by atoms with Gasteiger partial charge in [0.05, 0.1) is 10.9 Å². The molecular weight excluding hydrogens is 250 g/mol. The van der Waals surface area contributed by atoms with E-state index in [9.17, 15) is 13.6 Å². The number of nitrogens with one attached hydrogen (secondary N) is 1. The number of aromatic nitrogens is 2. The molecule has 3 rings (SSSR count). The van der Waals surface area contributed by atoms with Crippen molar-refractivity contribution in [3.05, 3.63) is 64.5 Å². The van der Waals surface area contributed by atoms with Crippen molar-refractivity contribution >= 4 is 10.9 Å². The lowest BCUT2D eigenvalue weighted by atomic mass is 10.2. The molecule has 0 aliphatic carbocycles. The predicted molar refractivity (Wildman–Crippen MR) is 67.7 cm³/mol. The smallest absolute Gasteiger partial charge is 0.259 e. The highest BCUT2D eigenvalue weighted by Crippen LogP contribution is 2.17. The van der Waals surface area contributed by atoms with E-state index in [1.54, 1.807) is 6.07 Å². The third kappa shape index (κ3) is 2.10. The number of hydrogen-bond acceptors (Lipinski definition) is 2. The van der Waals surface area contributed by atoms with Crippen molar-refractivity contribution in [2.45, 2.75) is 0 Å². The van der Waals surface area contributed by atoms with E-state index in [1.165, 1.54) is 30.3 Å². The first kappa shape index (κ1) is 11.5. The quantitative estimate of drug-likeness (QED) is 0.729. The summed E-state index contributed by atoms with van der Waals surface area (Å²) in [6, 6.07) is 9.51. The molecule has 19 heavy (non-hydrogen) atoms. The second kappa shape index (κ2) is 4.28. The van der Waals surface area contributed by atoms with Crippen LogP contribution >= 0.6 is 0 Å². The third-order valence-electron chi connectivity index (χ3n) is 2.77. The van der Waals surface area contributed by atoms with Crippen LogP contribution in [-0.2, 0) is 0 Å². The van der Waals surface area contributed by atoms with Crippen LogP contribution in [0.5, 0.6) is 0 Å². The molecule has 0 amide bonds. The highest BCUT2D eigenvalue weighted by atomic mass is 19.1. The Balaban J connectivity index is 2.27. The van der Waals surface area contributed by atoms with Gasteiger partial charge in [0.25, 0.3) is 5.56 Å². The summed E-state index contributed by atoms with van der Waals surface area (Å²) in [5.74, 6) is -0.665. The molecular formula is C14H8F2N2O. The van der Waals surface area contributed by atoms with Crippen LogP contribution < -0.4 is 5.56 Å². The van der Waals surface area contributed by atoms with Gasteiger partial charge in [-0.25, -0.2) is 13.8 Å². The van der Waals surface area contributed by atoms with E-state index in [1.807, 2.05) is 0 Å². The first-order chi connectivity index (χ1) is 9.13. The van der Waals surface area contributed by atoms with Gasteiger partial charge >= 0.3 is 0 Å². The van der Waals surface area contributed by atoms with Gasteiger partial charge < -0.3 is 4.98 Å². The molecule has 1 heterocycles. The number of fused-ring (bicyclic) bond motifs is 1. The molecule has 0 bridgehead atoms. The van der Waals surface area contributed by atoms with E-state index in [0.29, 0.717) is 11.1 Å². The average molecular weight is 258 g/mol. The van der Waals surface area contributed by atoms with Gasteiger partial charge in [-0.2, -0.15) is 0 Å². The number of hydrogen-bond donors (Lipinski definition) is 1. The van der Waals surface area contributed by atoms with Gasteiger partial charge in [0.1, 0.15) is 17.5 Å². The number of halogens is 2. The predicted octanol–water partition coefficient (Wildman–Crippen LogP) is 2.87. The molecule has 94 valence electrons. The molecule has 1 aromatic heterocycles. The molecule has 2 aromatic carbocycles. The van der Waals surface area contributed by atoms with Crippen molar-refractivity contribution in [2.75, 3.05) is 0 Å². The zero-order chi connectivity index (χ0) is 13.4. The SMILES string of the molecule is O=c1[nH]c(-c2cccc(F)c2)nc2ccc(F)cc12. The summed E-state index contributed by atoms with van der Waals surface area (Å²) in [5.41, 5.74) is 0.372. The maximum Gasteiger partial charge on any atom is 0.259 e. The van der Waals surface area contributed by atoms with Crippen molar-refractivity contribution in [1.82, 2.24) is 9.97 Å². The standard InChI is InChI=1S/C14H8F2N2O/c15-9-3-1-2-8(6-9)13-17-12-5-4-10(16)7-11(12)14(19)18-13/h1-7H,(H,17,18,19). The van der Waals surface area contributed by atoms with E-state index in [2.05, 4.69) is 9.97 Å². The number of aromatic amines is 1. The topological polar surface area (TPSA) is 45.8 Å². The molecule has 3 aromatic rings. The average Bonchev–Trinajstić information content (AvgIpc) is 2.39. The Bertz CT molecular complexity index is 827. The summed E-state index contributed by atoms with van der Waals surface area (Å²) in [6.07, 6.45) is 0. The Morgan fingerprint density at radius 2 is 1.79 bits per heavy atom. The molecule has 3 nitrogen and oxygen atoms in total. The largest absolute Gasteiger partial charge is 0.306 e. The van der Waals surface area contributed by atoms with Gasteiger partial charge in [-0.1, -0.05) is 12.1 Å². The molecule has 0 saturated heterocycles. The zero-order valence-electron chi connectivity index (χ0n) is 9.65. The van der Waals surface area contributed by atoms with E-state index in [-0.39, 0.29) is 11.2 Å². The van der Waals surface area contributed by atoms with Gasteiger partial charge in [-0.3, -0.25) is 4.79 Å². The molecule has 0 aliphatic heterocycles. The van der Waals surface area contributed by atoms with Crippen molar-refractivity contribution in [3.63, 3.8) is 0 Å². The number of rotatable bonds is 1. The van der Waals surface area contributed by atoms with E-state index >= 15 is 0 Å². The van der Waals surface area contributed by atoms with Crippen LogP contribution in [-0.4, -0.2) is 9.97 Å². The number of nitrogens with zero attached hydrogens (tertiary/aromatic N) is 1. The van der Waals surface area contributed by atoms with Crippen LogP contribution in [0.1, 0.15) is 0 Å². The van der Waals surface area contributed by atoms with Crippen LogP contribution in [0, 0.1) is 11.6 Å². The minimum absolute atomic E-state index is 0.167. The van der Waals surface area contributed by atoms with Gasteiger partial charge in [-0.05, 0) is 30.3 Å². The molecule has 0 spiro atoms. The third-order valence-corrected chi connectivity index (χ3v) is 2.77. The van der Waals surface area contributed by atoms with Crippen molar-refractivity contribution in [3.8, 4) is 11.4 Å². The van der Waals surface area contributed by atoms with Gasteiger partial charge in [0.15, 0.2) is 0 Å². The maximum absolute atomic E-state index is 13.2. The summed E-state index contributed by atoms with van der Waals surface area (Å²) >= 11 is 0. The lowest BCUT2D eigenvalue weighted by Crippen LogP contribution is -2.09. The Morgan fingerprint density at radius 1 is 1.00 bits per heavy atom. The number of H-pyrrole nitrogens is 1. The van der Waals surface area contributed by atoms with Crippen molar-refractivity contribution in [2.24, 2.45) is 0 Å². The summed E-state index contributed by atoms with van der Waals surface area (Å²) < 4.78 is 26.2. The second-order valence-corrected chi connectivity index (χ2v) is 4.09. The highest BCUT2D eigenvalue weighted by molar-refractivity contribution is 5.79. The van der Waals surface area contributed by atoms with Crippen molar-refractivity contribution < 1.29 is 8.78 Å². The lowest BCUT2D eigenvalue weighted by molar-refractivity contribution is 0.628. The fraction of sp³-hybridized carbons (Fsp3) is 0. The maximum atomic E-state index is 13.2. The Kier molecular flexibility index (Phi) is 2.59. The first-order valence-corrected chi connectivity index (χ1v) is 5.59. The van der Waals surface area contributed by atoms with Gasteiger partial charge in [-0.15, -0.1) is 0 Å². The molecule has 0 atom stereocenters. The minimum atomic E-state index is -0.502. The van der Waals surface area contributed by atoms with Crippen LogP contribution in [0.15, 0.2) is 47.3 Å². The van der Waals surface area contributed by atoms with Crippen LogP contribution in [0.2, 0.25) is 0 Å². The molecule has 0 aliphatic rings. The van der Waals surface area contributed by atoms with Crippen LogP contribution in [0.3, 0.4) is 0 Å². The minimum Gasteiger partial charge on any atom is -0.306 e. The highest BCUT2D eigenvalue weighted by Gasteiger charge is 2.07. The molecule has 0 unspecified atom stereocenters. The zero-order valence-corrected chi connectivity index (χ0v) is 9.65. The van der Waals surface area contributed by atoms with E-state index in [4.69, 9.17) is 0 Å².